The second-order valence-electron chi connectivity index (χ2n) is 7.32. The summed E-state index contributed by atoms with van der Waals surface area (Å²) < 4.78 is 10.6. The van der Waals surface area contributed by atoms with Crippen LogP contribution in [0, 0.1) is 0 Å². The van der Waals surface area contributed by atoms with E-state index in [1.54, 1.807) is 38.5 Å². The summed E-state index contributed by atoms with van der Waals surface area (Å²) in [5, 5.41) is 3.65. The standard InChI is InChI=1S/C23H27ClN2O4/c1-29-20-9-3-16(15-21(20)30-2)4-10-22(27)26-13-11-19(12-14-26)25-23(28)17-5-7-18(24)8-6-17/h3,5-9,15,19H,4,10-14H2,1-2H3,(H,25,28). The van der Waals surface area contributed by atoms with Gasteiger partial charge in [0.05, 0.1) is 14.2 Å². The van der Waals surface area contributed by atoms with Gasteiger partial charge in [0.2, 0.25) is 5.91 Å². The van der Waals surface area contributed by atoms with Crippen molar-refractivity contribution in [3.8, 4) is 11.5 Å². The van der Waals surface area contributed by atoms with E-state index >= 15 is 0 Å². The third-order valence-corrected chi connectivity index (χ3v) is 5.62. The molecule has 160 valence electrons. The average molecular weight is 431 g/mol. The van der Waals surface area contributed by atoms with Crippen LogP contribution in [-0.4, -0.2) is 50.1 Å². The maximum atomic E-state index is 12.6. The Balaban J connectivity index is 1.45. The predicted octanol–water partition coefficient (Wildman–Crippen LogP) is 3.71. The van der Waals surface area contributed by atoms with Crippen molar-refractivity contribution in [3.63, 3.8) is 0 Å². The molecule has 2 aromatic carbocycles. The number of methoxy groups -OCH3 is 2. The van der Waals surface area contributed by atoms with Gasteiger partial charge in [0.1, 0.15) is 0 Å². The number of piperidine rings is 1. The first-order valence-electron chi connectivity index (χ1n) is 10.0. The normalized spacial score (nSPS) is 14.3. The smallest absolute Gasteiger partial charge is 0.251 e. The van der Waals surface area contributed by atoms with Crippen molar-refractivity contribution in [2.75, 3.05) is 27.3 Å². The Labute approximate surface area is 182 Å². The Morgan fingerprint density at radius 2 is 1.70 bits per heavy atom. The molecule has 1 heterocycles. The number of aryl methyl sites for hydroxylation is 1. The van der Waals surface area contributed by atoms with Gasteiger partial charge in [-0.15, -0.1) is 0 Å². The second kappa shape index (κ2) is 10.3. The molecule has 1 aliphatic heterocycles. The topological polar surface area (TPSA) is 67.9 Å². The van der Waals surface area contributed by atoms with Crippen LogP contribution < -0.4 is 14.8 Å². The third kappa shape index (κ3) is 5.66. The number of hydrogen-bond donors (Lipinski definition) is 1. The third-order valence-electron chi connectivity index (χ3n) is 5.36. The summed E-state index contributed by atoms with van der Waals surface area (Å²) in [6, 6.07) is 12.6. The summed E-state index contributed by atoms with van der Waals surface area (Å²) in [5.74, 6) is 1.37. The van der Waals surface area contributed by atoms with E-state index in [1.165, 1.54) is 0 Å². The van der Waals surface area contributed by atoms with Crippen LogP contribution in [0.15, 0.2) is 42.5 Å². The van der Waals surface area contributed by atoms with Crippen molar-refractivity contribution < 1.29 is 19.1 Å². The monoisotopic (exact) mass is 430 g/mol. The van der Waals surface area contributed by atoms with Crippen LogP contribution in [0.2, 0.25) is 5.02 Å². The highest BCUT2D eigenvalue weighted by molar-refractivity contribution is 6.30. The van der Waals surface area contributed by atoms with E-state index < -0.39 is 0 Å². The Morgan fingerprint density at radius 1 is 1.03 bits per heavy atom. The van der Waals surface area contributed by atoms with Crippen LogP contribution in [0.25, 0.3) is 0 Å². The molecule has 0 bridgehead atoms. The van der Waals surface area contributed by atoms with Crippen LogP contribution in [0.3, 0.4) is 0 Å². The molecule has 0 aliphatic carbocycles. The van der Waals surface area contributed by atoms with E-state index in [9.17, 15) is 9.59 Å². The summed E-state index contributed by atoms with van der Waals surface area (Å²) >= 11 is 5.87. The van der Waals surface area contributed by atoms with E-state index in [0.717, 1.165) is 18.4 Å². The summed E-state index contributed by atoms with van der Waals surface area (Å²) in [5.41, 5.74) is 1.62. The van der Waals surface area contributed by atoms with Gasteiger partial charge in [0, 0.05) is 36.1 Å². The number of carbonyl (C=O) groups is 2. The van der Waals surface area contributed by atoms with Crippen molar-refractivity contribution in [1.29, 1.82) is 0 Å². The van der Waals surface area contributed by atoms with Crippen molar-refractivity contribution >= 4 is 23.4 Å². The molecule has 1 fully saturated rings. The van der Waals surface area contributed by atoms with E-state index in [2.05, 4.69) is 5.32 Å². The van der Waals surface area contributed by atoms with Crippen molar-refractivity contribution in [1.82, 2.24) is 10.2 Å². The van der Waals surface area contributed by atoms with E-state index in [1.807, 2.05) is 23.1 Å². The van der Waals surface area contributed by atoms with Gasteiger partial charge in [-0.1, -0.05) is 17.7 Å². The fraction of sp³-hybridized carbons (Fsp3) is 0.391. The lowest BCUT2D eigenvalue weighted by Crippen LogP contribution is -2.46. The van der Waals surface area contributed by atoms with E-state index in [4.69, 9.17) is 21.1 Å². The zero-order valence-corrected chi connectivity index (χ0v) is 18.1. The van der Waals surface area contributed by atoms with Gasteiger partial charge in [-0.25, -0.2) is 0 Å². The molecule has 1 saturated heterocycles. The Morgan fingerprint density at radius 3 is 2.33 bits per heavy atom. The zero-order valence-electron chi connectivity index (χ0n) is 17.3. The van der Waals surface area contributed by atoms with Crippen LogP contribution in [-0.2, 0) is 11.2 Å². The number of nitrogens with one attached hydrogen (secondary N) is 1. The lowest BCUT2D eigenvalue weighted by Gasteiger charge is -2.32. The molecule has 0 unspecified atom stereocenters. The van der Waals surface area contributed by atoms with Crippen LogP contribution in [0.5, 0.6) is 11.5 Å². The lowest BCUT2D eigenvalue weighted by molar-refractivity contribution is -0.132. The summed E-state index contributed by atoms with van der Waals surface area (Å²) in [6.07, 6.45) is 2.59. The molecule has 0 aromatic heterocycles. The van der Waals surface area contributed by atoms with Crippen LogP contribution in [0.1, 0.15) is 35.2 Å². The molecule has 0 radical (unpaired) electrons. The largest absolute Gasteiger partial charge is 0.493 e. The molecule has 3 rings (SSSR count). The minimum absolute atomic E-state index is 0.0723. The molecule has 6 nitrogen and oxygen atoms in total. The van der Waals surface area contributed by atoms with Gasteiger partial charge < -0.3 is 19.7 Å². The highest BCUT2D eigenvalue weighted by Gasteiger charge is 2.24. The van der Waals surface area contributed by atoms with Crippen molar-refractivity contribution in [3.05, 3.63) is 58.6 Å². The second-order valence-corrected chi connectivity index (χ2v) is 7.76. The summed E-state index contributed by atoms with van der Waals surface area (Å²) in [6.45, 7) is 1.30. The molecular weight excluding hydrogens is 404 g/mol. The molecule has 0 spiro atoms. The molecule has 7 heteroatoms. The minimum Gasteiger partial charge on any atom is -0.493 e. The highest BCUT2D eigenvalue weighted by Crippen LogP contribution is 2.28. The van der Waals surface area contributed by atoms with E-state index in [-0.39, 0.29) is 17.9 Å². The first-order chi connectivity index (χ1) is 14.5. The number of ether oxygens (including phenoxy) is 2. The predicted molar refractivity (Wildman–Crippen MR) is 116 cm³/mol. The van der Waals surface area contributed by atoms with Gasteiger partial charge in [0.25, 0.3) is 5.91 Å². The van der Waals surface area contributed by atoms with Crippen LogP contribution in [0.4, 0.5) is 0 Å². The Hall–Kier alpha value is -2.73. The number of likely N-dealkylation sites (tertiary alicyclic amines) is 1. The fourth-order valence-electron chi connectivity index (χ4n) is 3.59. The first kappa shape index (κ1) is 22.0. The molecule has 0 atom stereocenters. The van der Waals surface area contributed by atoms with Gasteiger partial charge >= 0.3 is 0 Å². The molecule has 2 aromatic rings. The number of benzene rings is 2. The van der Waals surface area contributed by atoms with Gasteiger partial charge in [0.15, 0.2) is 11.5 Å². The average Bonchev–Trinajstić information content (AvgIpc) is 2.78. The number of nitrogens with zero attached hydrogens (tertiary/aromatic N) is 1. The van der Waals surface area contributed by atoms with Gasteiger partial charge in [-0.05, 0) is 61.2 Å². The van der Waals surface area contributed by atoms with Crippen molar-refractivity contribution in [2.24, 2.45) is 0 Å². The molecule has 1 N–H and O–H groups in total. The Bertz CT molecular complexity index is 877. The molecule has 0 saturated carbocycles. The number of halogens is 1. The SMILES string of the molecule is COc1ccc(CCC(=O)N2CCC(NC(=O)c3ccc(Cl)cc3)CC2)cc1OC. The first-order valence-corrected chi connectivity index (χ1v) is 10.4. The fourth-order valence-corrected chi connectivity index (χ4v) is 3.71. The summed E-state index contributed by atoms with van der Waals surface area (Å²) in [4.78, 5) is 26.8. The maximum absolute atomic E-state index is 12.6. The number of amides is 2. The lowest BCUT2D eigenvalue weighted by atomic mass is 10.0. The van der Waals surface area contributed by atoms with Crippen LogP contribution >= 0.6 is 11.6 Å². The van der Waals surface area contributed by atoms with Gasteiger partial charge in [-0.3, -0.25) is 9.59 Å². The summed E-state index contributed by atoms with van der Waals surface area (Å²) in [7, 11) is 3.20. The number of rotatable bonds is 7. The Kier molecular flexibility index (Phi) is 7.57. The van der Waals surface area contributed by atoms with Gasteiger partial charge in [-0.2, -0.15) is 0 Å². The molecule has 1 aliphatic rings. The number of carbonyl (C=O) groups excluding carboxylic acids is 2. The molecular formula is C23H27ClN2O4. The van der Waals surface area contributed by atoms with Crippen molar-refractivity contribution in [2.45, 2.75) is 31.7 Å². The van der Waals surface area contributed by atoms with E-state index in [0.29, 0.717) is 48.0 Å². The molecule has 2 amide bonds. The maximum Gasteiger partial charge on any atom is 0.251 e. The molecule has 30 heavy (non-hydrogen) atoms. The number of hydrogen-bond acceptors (Lipinski definition) is 4. The highest BCUT2D eigenvalue weighted by atomic mass is 35.5. The quantitative estimate of drug-likeness (QED) is 0.727. The zero-order chi connectivity index (χ0) is 21.5. The minimum atomic E-state index is -0.107.